The first-order valence-corrected chi connectivity index (χ1v) is 2.57. The van der Waals surface area contributed by atoms with E-state index in [1.54, 1.807) is 0 Å². The Balaban J connectivity index is 2.29. The fourth-order valence-electron chi connectivity index (χ4n) is 1.02. The van der Waals surface area contributed by atoms with Crippen LogP contribution in [0.1, 0.15) is 19.8 Å². The maximum Gasteiger partial charge on any atom is 0.0575 e. The number of hydrogen-bond donors (Lipinski definition) is 2. The molecular formula is C5H11NO. The molecule has 0 aromatic rings. The summed E-state index contributed by atoms with van der Waals surface area (Å²) in [7, 11) is 0. The lowest BCUT2D eigenvalue weighted by molar-refractivity contribution is 0.0323. The Hall–Kier alpha value is -0.0800. The van der Waals surface area contributed by atoms with Gasteiger partial charge >= 0.3 is 0 Å². The standard InChI is InChI=1S/C5H11NO/c1-5(6)2-4(7)3-5/h4,7H,2-3,6H2,1H3. The van der Waals surface area contributed by atoms with Crippen LogP contribution < -0.4 is 5.73 Å². The van der Waals surface area contributed by atoms with Crippen LogP contribution in [-0.4, -0.2) is 16.7 Å². The molecule has 0 amide bonds. The lowest BCUT2D eigenvalue weighted by atomic mass is 9.77. The van der Waals surface area contributed by atoms with E-state index >= 15 is 0 Å². The highest BCUT2D eigenvalue weighted by molar-refractivity contribution is 4.94. The van der Waals surface area contributed by atoms with Crippen molar-refractivity contribution in [3.8, 4) is 0 Å². The number of rotatable bonds is 0. The first-order valence-electron chi connectivity index (χ1n) is 2.57. The quantitative estimate of drug-likeness (QED) is 0.446. The van der Waals surface area contributed by atoms with E-state index in [0.29, 0.717) is 0 Å². The van der Waals surface area contributed by atoms with Crippen molar-refractivity contribution in [2.45, 2.75) is 31.4 Å². The van der Waals surface area contributed by atoms with Gasteiger partial charge in [0.15, 0.2) is 0 Å². The van der Waals surface area contributed by atoms with Crippen LogP contribution >= 0.6 is 0 Å². The summed E-state index contributed by atoms with van der Waals surface area (Å²) in [6.45, 7) is 1.96. The second kappa shape index (κ2) is 1.20. The van der Waals surface area contributed by atoms with Crippen LogP contribution in [0.15, 0.2) is 0 Å². The first-order chi connectivity index (χ1) is 3.10. The summed E-state index contributed by atoms with van der Waals surface area (Å²) in [4.78, 5) is 0. The molecule has 0 bridgehead atoms. The van der Waals surface area contributed by atoms with E-state index in [2.05, 4.69) is 0 Å². The molecule has 7 heavy (non-hydrogen) atoms. The summed E-state index contributed by atoms with van der Waals surface area (Å²) >= 11 is 0. The minimum atomic E-state index is -0.116. The lowest BCUT2D eigenvalue weighted by Crippen LogP contribution is -2.51. The van der Waals surface area contributed by atoms with Crippen molar-refractivity contribution in [2.24, 2.45) is 5.73 Å². The normalized spacial score (nSPS) is 51.0. The molecule has 0 unspecified atom stereocenters. The molecule has 1 aliphatic rings. The Morgan fingerprint density at radius 1 is 1.71 bits per heavy atom. The maximum absolute atomic E-state index is 8.70. The van der Waals surface area contributed by atoms with Crippen molar-refractivity contribution in [3.05, 3.63) is 0 Å². The van der Waals surface area contributed by atoms with Crippen LogP contribution in [0, 0.1) is 0 Å². The van der Waals surface area contributed by atoms with E-state index in [-0.39, 0.29) is 11.6 Å². The minimum Gasteiger partial charge on any atom is -0.393 e. The number of nitrogens with two attached hydrogens (primary N) is 1. The molecule has 3 N–H and O–H groups in total. The molecule has 0 aromatic carbocycles. The van der Waals surface area contributed by atoms with Crippen molar-refractivity contribution in [2.75, 3.05) is 0 Å². The van der Waals surface area contributed by atoms with Gasteiger partial charge in [0.1, 0.15) is 0 Å². The van der Waals surface area contributed by atoms with E-state index < -0.39 is 0 Å². The van der Waals surface area contributed by atoms with E-state index in [1.165, 1.54) is 0 Å². The number of aliphatic hydroxyl groups is 1. The molecule has 0 aromatic heterocycles. The smallest absolute Gasteiger partial charge is 0.0575 e. The third-order valence-corrected chi connectivity index (χ3v) is 1.40. The first kappa shape index (κ1) is 5.06. The second-order valence-corrected chi connectivity index (χ2v) is 2.72. The molecule has 0 heterocycles. The fraction of sp³-hybridized carbons (Fsp3) is 1.00. The van der Waals surface area contributed by atoms with Crippen LogP contribution in [-0.2, 0) is 0 Å². The molecule has 0 radical (unpaired) electrons. The van der Waals surface area contributed by atoms with Crippen LogP contribution in [0.2, 0.25) is 0 Å². The highest BCUT2D eigenvalue weighted by atomic mass is 16.3. The molecule has 0 saturated heterocycles. The SMILES string of the molecule is CC1(N)CC(O)C1. The average molecular weight is 101 g/mol. The summed E-state index contributed by atoms with van der Waals surface area (Å²) < 4.78 is 0. The van der Waals surface area contributed by atoms with Crippen molar-refractivity contribution in [3.63, 3.8) is 0 Å². The second-order valence-electron chi connectivity index (χ2n) is 2.72. The molecule has 0 aliphatic heterocycles. The molecular weight excluding hydrogens is 90.1 g/mol. The molecule has 42 valence electrons. The maximum atomic E-state index is 8.70. The van der Waals surface area contributed by atoms with Crippen LogP contribution in [0.3, 0.4) is 0 Å². The Morgan fingerprint density at radius 2 is 2.14 bits per heavy atom. The Bertz CT molecular complexity index is 72.1. The lowest BCUT2D eigenvalue weighted by Gasteiger charge is -2.38. The zero-order valence-corrected chi connectivity index (χ0v) is 4.52. The van der Waals surface area contributed by atoms with Gasteiger partial charge in [0.25, 0.3) is 0 Å². The van der Waals surface area contributed by atoms with Gasteiger partial charge in [-0.05, 0) is 19.8 Å². The molecule has 1 saturated carbocycles. The summed E-state index contributed by atoms with van der Waals surface area (Å²) in [5.41, 5.74) is 5.50. The molecule has 2 heteroatoms. The monoisotopic (exact) mass is 101 g/mol. The predicted octanol–water partition coefficient (Wildman–Crippen LogP) is -0.142. The molecule has 2 nitrogen and oxygen atoms in total. The van der Waals surface area contributed by atoms with Gasteiger partial charge in [0.05, 0.1) is 6.10 Å². The molecule has 0 spiro atoms. The Labute approximate surface area is 43.3 Å². The minimum absolute atomic E-state index is 0.0561. The average Bonchev–Trinajstić information content (AvgIpc) is 1.27. The van der Waals surface area contributed by atoms with Gasteiger partial charge in [-0.3, -0.25) is 0 Å². The van der Waals surface area contributed by atoms with Crippen LogP contribution in [0.25, 0.3) is 0 Å². The third-order valence-electron chi connectivity index (χ3n) is 1.40. The Kier molecular flexibility index (Phi) is 0.869. The third kappa shape index (κ3) is 0.924. The largest absolute Gasteiger partial charge is 0.393 e. The van der Waals surface area contributed by atoms with E-state index in [0.717, 1.165) is 12.8 Å². The van der Waals surface area contributed by atoms with Crippen molar-refractivity contribution in [1.82, 2.24) is 0 Å². The molecule has 1 aliphatic carbocycles. The molecule has 1 fully saturated rings. The van der Waals surface area contributed by atoms with Gasteiger partial charge in [-0.1, -0.05) is 0 Å². The zero-order chi connectivity index (χ0) is 5.49. The van der Waals surface area contributed by atoms with Gasteiger partial charge < -0.3 is 10.8 Å². The summed E-state index contributed by atoms with van der Waals surface area (Å²) in [5.74, 6) is 0. The van der Waals surface area contributed by atoms with E-state index in [1.807, 2.05) is 6.92 Å². The van der Waals surface area contributed by atoms with E-state index in [4.69, 9.17) is 10.8 Å². The molecule has 1 rings (SSSR count). The van der Waals surface area contributed by atoms with Crippen molar-refractivity contribution in [1.29, 1.82) is 0 Å². The van der Waals surface area contributed by atoms with Gasteiger partial charge in [0, 0.05) is 5.54 Å². The summed E-state index contributed by atoms with van der Waals surface area (Å²) in [6.07, 6.45) is 1.43. The van der Waals surface area contributed by atoms with Crippen molar-refractivity contribution >= 4 is 0 Å². The predicted molar refractivity (Wildman–Crippen MR) is 27.8 cm³/mol. The highest BCUT2D eigenvalue weighted by Crippen LogP contribution is 2.28. The summed E-state index contributed by atoms with van der Waals surface area (Å²) in [5, 5.41) is 8.70. The van der Waals surface area contributed by atoms with Crippen LogP contribution in [0.5, 0.6) is 0 Å². The summed E-state index contributed by atoms with van der Waals surface area (Å²) in [6, 6.07) is 0. The van der Waals surface area contributed by atoms with Crippen molar-refractivity contribution < 1.29 is 5.11 Å². The van der Waals surface area contributed by atoms with Gasteiger partial charge in [-0.25, -0.2) is 0 Å². The molecule has 0 atom stereocenters. The number of aliphatic hydroxyl groups excluding tert-OH is 1. The Morgan fingerprint density at radius 3 is 2.14 bits per heavy atom. The van der Waals surface area contributed by atoms with Gasteiger partial charge in [0.2, 0.25) is 0 Å². The fourth-order valence-corrected chi connectivity index (χ4v) is 1.02. The zero-order valence-electron chi connectivity index (χ0n) is 4.52. The van der Waals surface area contributed by atoms with Crippen LogP contribution in [0.4, 0.5) is 0 Å². The van der Waals surface area contributed by atoms with Gasteiger partial charge in [-0.2, -0.15) is 0 Å². The number of hydrogen-bond acceptors (Lipinski definition) is 2. The van der Waals surface area contributed by atoms with E-state index in [9.17, 15) is 0 Å². The van der Waals surface area contributed by atoms with Gasteiger partial charge in [-0.15, -0.1) is 0 Å². The topological polar surface area (TPSA) is 46.2 Å². The highest BCUT2D eigenvalue weighted by Gasteiger charge is 2.34.